The Balaban J connectivity index is 0.822. The highest BCUT2D eigenvalue weighted by Gasteiger charge is 2.40. The number of Topliss-reactive ketones (excluding diaryl/α,β-unsaturated/α-hetero) is 2. The van der Waals surface area contributed by atoms with Gasteiger partial charge in [-0.2, -0.15) is 0 Å². The Bertz CT molecular complexity index is 2540. The average Bonchev–Trinajstić information content (AvgIpc) is 3.85. The van der Waals surface area contributed by atoms with Crippen LogP contribution in [-0.2, 0) is 22.7 Å². The summed E-state index contributed by atoms with van der Waals surface area (Å²) >= 11 is 7.88. The van der Waals surface area contributed by atoms with Gasteiger partial charge >= 0.3 is 0 Å². The Hall–Kier alpha value is -5.48. The Labute approximate surface area is 346 Å². The van der Waals surface area contributed by atoms with E-state index in [2.05, 4.69) is 55.9 Å². The van der Waals surface area contributed by atoms with Crippen molar-refractivity contribution in [2.75, 3.05) is 25.0 Å². The largest absolute Gasteiger partial charge is 0.384 e. The number of likely N-dealkylation sites (tertiary alicyclic amines) is 1. The Kier molecular flexibility index (Phi) is 10.3. The Morgan fingerprint density at radius 2 is 1.78 bits per heavy atom. The molecule has 6 heterocycles. The van der Waals surface area contributed by atoms with Crippen molar-refractivity contribution in [1.29, 1.82) is 0 Å². The molecule has 0 bridgehead atoms. The van der Waals surface area contributed by atoms with Crippen molar-refractivity contribution in [3.05, 3.63) is 121 Å². The van der Waals surface area contributed by atoms with Gasteiger partial charge in [0, 0.05) is 70.8 Å². The van der Waals surface area contributed by atoms with Crippen LogP contribution in [0.2, 0.25) is 5.02 Å². The zero-order valence-electron chi connectivity index (χ0n) is 32.7. The number of amides is 1. The van der Waals surface area contributed by atoms with E-state index in [4.69, 9.17) is 21.6 Å². The monoisotopic (exact) mass is 810 g/mol. The molecular formula is C45H43ClN8O3S. The molecule has 13 heteroatoms. The third kappa shape index (κ3) is 7.27. The number of anilines is 1. The number of nitrogens with one attached hydrogen (secondary N) is 1. The van der Waals surface area contributed by atoms with Crippen LogP contribution in [0.4, 0.5) is 5.69 Å². The van der Waals surface area contributed by atoms with Gasteiger partial charge in [-0.1, -0.05) is 41.6 Å². The van der Waals surface area contributed by atoms with Crippen LogP contribution in [0.1, 0.15) is 105 Å². The highest BCUT2D eigenvalue weighted by molar-refractivity contribution is 7.15. The molecule has 0 spiro atoms. The van der Waals surface area contributed by atoms with Gasteiger partial charge in [-0.25, -0.2) is 0 Å². The molecule has 3 aliphatic heterocycles. The van der Waals surface area contributed by atoms with Crippen molar-refractivity contribution in [1.82, 2.24) is 29.5 Å². The quantitative estimate of drug-likeness (QED) is 0.134. The van der Waals surface area contributed by atoms with Crippen LogP contribution in [0, 0.1) is 31.6 Å². The summed E-state index contributed by atoms with van der Waals surface area (Å²) in [5.74, 6) is 8.64. The molecule has 1 amide bonds. The average molecular weight is 811 g/mol. The number of rotatable bonds is 7. The fourth-order valence-electron chi connectivity index (χ4n) is 8.61. The number of benzene rings is 2. The number of ketones is 2. The zero-order valence-corrected chi connectivity index (χ0v) is 34.3. The molecule has 1 unspecified atom stereocenters. The summed E-state index contributed by atoms with van der Waals surface area (Å²) in [4.78, 5) is 52.7. The molecule has 1 saturated heterocycles. The number of aromatic nitrogens is 4. The minimum atomic E-state index is -0.509. The first-order valence-corrected chi connectivity index (χ1v) is 21.1. The van der Waals surface area contributed by atoms with Gasteiger partial charge in [-0.3, -0.25) is 33.8 Å². The fraction of sp³-hybridized carbons (Fsp3) is 0.356. The van der Waals surface area contributed by atoms with Gasteiger partial charge in [0.05, 0.1) is 28.7 Å². The highest BCUT2D eigenvalue weighted by atomic mass is 35.5. The predicted octanol–water partition coefficient (Wildman–Crippen LogP) is 7.28. The molecule has 11 nitrogen and oxygen atoms in total. The van der Waals surface area contributed by atoms with E-state index in [1.54, 1.807) is 16.2 Å². The Morgan fingerprint density at radius 3 is 2.53 bits per heavy atom. The summed E-state index contributed by atoms with van der Waals surface area (Å²) in [7, 11) is 0. The summed E-state index contributed by atoms with van der Waals surface area (Å²) in [6, 6.07) is 17.0. The lowest BCUT2D eigenvalue weighted by atomic mass is 9.92. The molecule has 2 aromatic carbocycles. The summed E-state index contributed by atoms with van der Waals surface area (Å²) in [6.07, 6.45) is 4.69. The second kappa shape index (κ2) is 15.7. The lowest BCUT2D eigenvalue weighted by Crippen LogP contribution is -2.44. The number of aliphatic imine (C=N–C) groups is 1. The molecule has 0 radical (unpaired) electrons. The van der Waals surface area contributed by atoms with Crippen LogP contribution in [0.3, 0.4) is 0 Å². The molecule has 9 rings (SSSR count). The van der Waals surface area contributed by atoms with E-state index in [-0.39, 0.29) is 29.9 Å². The summed E-state index contributed by atoms with van der Waals surface area (Å²) in [6.45, 7) is 10.1. The first-order valence-electron chi connectivity index (χ1n) is 19.9. The van der Waals surface area contributed by atoms with E-state index < -0.39 is 6.04 Å². The van der Waals surface area contributed by atoms with E-state index in [1.807, 2.05) is 62.5 Å². The molecule has 294 valence electrons. The first kappa shape index (κ1) is 38.1. The molecule has 2 atom stereocenters. The van der Waals surface area contributed by atoms with Crippen molar-refractivity contribution in [3.8, 4) is 16.8 Å². The molecule has 5 aromatic rings. The van der Waals surface area contributed by atoms with E-state index in [0.29, 0.717) is 35.9 Å². The van der Waals surface area contributed by atoms with Crippen LogP contribution in [-0.4, -0.2) is 78.4 Å². The maximum absolute atomic E-state index is 13.3. The molecule has 1 aliphatic carbocycles. The number of halogens is 1. The second-order valence-corrected chi connectivity index (χ2v) is 17.2. The number of hydrogen-bond donors (Lipinski definition) is 1. The highest BCUT2D eigenvalue weighted by Crippen LogP contribution is 2.39. The van der Waals surface area contributed by atoms with Gasteiger partial charge in [-0.15, -0.1) is 21.5 Å². The van der Waals surface area contributed by atoms with E-state index in [0.717, 1.165) is 105 Å². The van der Waals surface area contributed by atoms with Crippen molar-refractivity contribution in [2.45, 2.75) is 78.0 Å². The first-order chi connectivity index (χ1) is 28.1. The molecule has 1 saturated carbocycles. The van der Waals surface area contributed by atoms with Crippen LogP contribution in [0.15, 0.2) is 65.8 Å². The summed E-state index contributed by atoms with van der Waals surface area (Å²) in [5, 5.41) is 14.2. The summed E-state index contributed by atoms with van der Waals surface area (Å²) in [5.41, 5.74) is 8.43. The van der Waals surface area contributed by atoms with Gasteiger partial charge in [0.1, 0.15) is 22.7 Å². The minimum Gasteiger partial charge on any atom is -0.384 e. The number of nitrogens with zero attached hydrogens (tertiary/aromatic N) is 7. The standard InChI is InChI=1S/C45H43ClN8O3S/c1-26-40(58-45-41(26)42(31-9-11-32(46)12-10-31)49-27(2)43-51-50-28(3)54(43)45)16-8-29-7-13-33(47-22-29)24-52-19-17-30(18-20-52)23-48-37-6-4-5-35-36(37)25-53(44(35)57)38-15-14-34(55)21-39(38)56/h4-7,9-13,22,27,30,38,48H,14-15,17-21,23-25H2,1-3H3/t27-,38?/m0/s1. The number of piperidine rings is 1. The zero-order chi connectivity index (χ0) is 40.1. The number of pyridine rings is 1. The van der Waals surface area contributed by atoms with Gasteiger partial charge in [0.15, 0.2) is 11.6 Å². The van der Waals surface area contributed by atoms with E-state index in [9.17, 15) is 14.4 Å². The van der Waals surface area contributed by atoms with E-state index in [1.165, 1.54) is 0 Å². The fourth-order valence-corrected chi connectivity index (χ4v) is 9.96. The smallest absolute Gasteiger partial charge is 0.255 e. The molecule has 1 N–H and O–H groups in total. The topological polar surface area (TPSA) is 126 Å². The summed E-state index contributed by atoms with van der Waals surface area (Å²) < 4.78 is 2.12. The third-order valence-corrected chi connectivity index (χ3v) is 13.3. The predicted molar refractivity (Wildman–Crippen MR) is 225 cm³/mol. The van der Waals surface area contributed by atoms with Crippen molar-refractivity contribution < 1.29 is 14.4 Å². The maximum Gasteiger partial charge on any atom is 0.255 e. The maximum atomic E-state index is 13.3. The number of fused-ring (bicyclic) bond motifs is 4. The second-order valence-electron chi connectivity index (χ2n) is 15.7. The van der Waals surface area contributed by atoms with Gasteiger partial charge in [0.25, 0.3) is 5.91 Å². The van der Waals surface area contributed by atoms with Gasteiger partial charge in [0.2, 0.25) is 0 Å². The molecule has 58 heavy (non-hydrogen) atoms. The number of thiophene rings is 1. The molecule has 3 aromatic heterocycles. The lowest BCUT2D eigenvalue weighted by molar-refractivity contribution is -0.133. The molecular weight excluding hydrogens is 768 g/mol. The number of hydrogen-bond acceptors (Lipinski definition) is 10. The Morgan fingerprint density at radius 1 is 0.966 bits per heavy atom. The van der Waals surface area contributed by atoms with Crippen molar-refractivity contribution in [3.63, 3.8) is 0 Å². The van der Waals surface area contributed by atoms with E-state index >= 15 is 0 Å². The number of carbonyl (C=O) groups is 3. The minimum absolute atomic E-state index is 0.0346. The van der Waals surface area contributed by atoms with Gasteiger partial charge in [-0.05, 0) is 101 Å². The number of carbonyl (C=O) groups excluding carboxylic acids is 3. The molecule has 4 aliphatic rings. The molecule has 2 fully saturated rings. The van der Waals surface area contributed by atoms with Crippen LogP contribution in [0.5, 0.6) is 0 Å². The SMILES string of the molecule is Cc1c(C#Cc2ccc(CN3CCC(CNc4cccc5c4CN(C4CCC(=O)CC4=O)C5=O)CC3)nc2)sc2c1C(c1ccc(Cl)cc1)=N[C@@H](C)c1nnc(C)n1-2. The van der Waals surface area contributed by atoms with Crippen LogP contribution in [0.25, 0.3) is 5.00 Å². The number of aryl methyl sites for hydroxylation is 1. The third-order valence-electron chi connectivity index (χ3n) is 11.9. The van der Waals surface area contributed by atoms with Gasteiger partial charge < -0.3 is 10.2 Å². The van der Waals surface area contributed by atoms with Crippen molar-refractivity contribution >= 4 is 51.8 Å². The van der Waals surface area contributed by atoms with Crippen LogP contribution < -0.4 is 5.32 Å². The lowest BCUT2D eigenvalue weighted by Gasteiger charge is -2.32. The van der Waals surface area contributed by atoms with Crippen molar-refractivity contribution in [2.24, 2.45) is 10.9 Å². The normalized spacial score (nSPS) is 19.6. The van der Waals surface area contributed by atoms with Crippen LogP contribution >= 0.6 is 22.9 Å².